The molecule has 0 aromatic rings. The van der Waals surface area contributed by atoms with E-state index in [1.165, 1.54) is 25.7 Å². The minimum absolute atomic E-state index is 0.234. The van der Waals surface area contributed by atoms with Crippen molar-refractivity contribution in [2.75, 3.05) is 6.61 Å². The molecular weight excluding hydrogens is 128 g/mol. The Kier molecular flexibility index (Phi) is 0.868. The highest BCUT2D eigenvalue weighted by Crippen LogP contribution is 2.53. The van der Waals surface area contributed by atoms with E-state index in [9.17, 15) is 0 Å². The summed E-state index contributed by atoms with van der Waals surface area (Å²) in [6.45, 7) is 0.866. The van der Waals surface area contributed by atoms with Gasteiger partial charge in [0.1, 0.15) is 11.7 Å². The third-order valence-corrected chi connectivity index (χ3v) is 3.13. The molecule has 2 aliphatic heterocycles. The molecule has 56 valence electrons. The Morgan fingerprint density at radius 2 is 2.20 bits per heavy atom. The zero-order chi connectivity index (χ0) is 6.60. The van der Waals surface area contributed by atoms with Crippen LogP contribution in [-0.2, 0) is 9.47 Å². The predicted molar refractivity (Wildman–Crippen MR) is 35.8 cm³/mol. The third kappa shape index (κ3) is 0.487. The summed E-state index contributed by atoms with van der Waals surface area (Å²) in [6.07, 6.45) is 6.11. The molecule has 0 radical (unpaired) electrons. The number of epoxide rings is 1. The van der Waals surface area contributed by atoms with Gasteiger partial charge in [0.2, 0.25) is 0 Å². The molecule has 0 aromatic carbocycles. The number of hydrogen-bond acceptors (Lipinski definition) is 2. The Morgan fingerprint density at radius 3 is 3.00 bits per heavy atom. The fraction of sp³-hybridized carbons (Fsp3) is 1.00. The maximum Gasteiger partial charge on any atom is 0.123 e. The highest BCUT2D eigenvalue weighted by molar-refractivity contribution is 5.13. The molecule has 1 saturated carbocycles. The molecule has 0 amide bonds. The van der Waals surface area contributed by atoms with Crippen LogP contribution in [0.1, 0.15) is 25.7 Å². The van der Waals surface area contributed by atoms with E-state index in [0.29, 0.717) is 12.2 Å². The number of rotatable bonds is 0. The van der Waals surface area contributed by atoms with E-state index in [1.54, 1.807) is 0 Å². The Hall–Kier alpha value is -0.0800. The lowest BCUT2D eigenvalue weighted by molar-refractivity contribution is -0.0223. The second-order valence-electron chi connectivity index (χ2n) is 3.63. The van der Waals surface area contributed by atoms with Crippen molar-refractivity contribution in [1.82, 2.24) is 0 Å². The molecule has 10 heavy (non-hydrogen) atoms. The molecule has 3 unspecified atom stereocenters. The molecule has 3 fully saturated rings. The Labute approximate surface area is 60.5 Å². The van der Waals surface area contributed by atoms with Gasteiger partial charge in [-0.3, -0.25) is 0 Å². The molecule has 2 heteroatoms. The van der Waals surface area contributed by atoms with Crippen molar-refractivity contribution < 1.29 is 9.47 Å². The van der Waals surface area contributed by atoms with Crippen molar-refractivity contribution in [2.45, 2.75) is 43.5 Å². The van der Waals surface area contributed by atoms with E-state index in [2.05, 4.69) is 0 Å². The monoisotopic (exact) mass is 140 g/mol. The topological polar surface area (TPSA) is 21.8 Å². The van der Waals surface area contributed by atoms with Gasteiger partial charge in [0.25, 0.3) is 0 Å². The van der Waals surface area contributed by atoms with E-state index in [-0.39, 0.29) is 5.60 Å². The Balaban J connectivity index is 1.89. The fourth-order valence-corrected chi connectivity index (χ4v) is 2.47. The summed E-state index contributed by atoms with van der Waals surface area (Å²) >= 11 is 0. The number of hydrogen-bond donors (Lipinski definition) is 0. The van der Waals surface area contributed by atoms with E-state index in [1.807, 2.05) is 0 Å². The molecule has 2 heterocycles. The van der Waals surface area contributed by atoms with Gasteiger partial charge in [0, 0.05) is 0 Å². The molecule has 3 atom stereocenters. The predicted octanol–water partition coefficient (Wildman–Crippen LogP) is 1.10. The van der Waals surface area contributed by atoms with Crippen molar-refractivity contribution in [3.63, 3.8) is 0 Å². The summed E-state index contributed by atoms with van der Waals surface area (Å²) in [6, 6.07) is 0. The summed E-state index contributed by atoms with van der Waals surface area (Å²) in [5, 5.41) is 0. The molecule has 2 nitrogen and oxygen atoms in total. The van der Waals surface area contributed by atoms with Crippen LogP contribution in [0.3, 0.4) is 0 Å². The van der Waals surface area contributed by atoms with Crippen molar-refractivity contribution >= 4 is 0 Å². The van der Waals surface area contributed by atoms with Crippen molar-refractivity contribution in [2.24, 2.45) is 0 Å². The van der Waals surface area contributed by atoms with E-state index >= 15 is 0 Å². The van der Waals surface area contributed by atoms with Crippen LogP contribution in [0.2, 0.25) is 0 Å². The van der Waals surface area contributed by atoms with Crippen LogP contribution in [0.5, 0.6) is 0 Å². The molecule has 1 aliphatic carbocycles. The fourth-order valence-electron chi connectivity index (χ4n) is 2.47. The van der Waals surface area contributed by atoms with Gasteiger partial charge in [0.15, 0.2) is 0 Å². The molecule has 0 bridgehead atoms. The van der Waals surface area contributed by atoms with Crippen LogP contribution in [-0.4, -0.2) is 24.4 Å². The van der Waals surface area contributed by atoms with Gasteiger partial charge in [-0.05, 0) is 12.8 Å². The Bertz CT molecular complexity index is 169. The van der Waals surface area contributed by atoms with Crippen molar-refractivity contribution in [3.8, 4) is 0 Å². The van der Waals surface area contributed by atoms with E-state index in [0.717, 1.165) is 6.61 Å². The van der Waals surface area contributed by atoms with Crippen LogP contribution in [0.4, 0.5) is 0 Å². The largest absolute Gasteiger partial charge is 0.372 e. The summed E-state index contributed by atoms with van der Waals surface area (Å²) in [7, 11) is 0. The highest BCUT2D eigenvalue weighted by atomic mass is 16.7. The zero-order valence-electron chi connectivity index (χ0n) is 6.01. The molecule has 3 aliphatic rings. The summed E-state index contributed by atoms with van der Waals surface area (Å²) < 4.78 is 11.2. The standard InChI is InChI=1S/C8H12O2/c1-2-4-8-6(3-1)9-5-7(8)10-8/h6-7H,1-5H2. The zero-order valence-corrected chi connectivity index (χ0v) is 6.01. The van der Waals surface area contributed by atoms with Gasteiger partial charge in [0.05, 0.1) is 12.7 Å². The lowest BCUT2D eigenvalue weighted by Crippen LogP contribution is -2.31. The van der Waals surface area contributed by atoms with Crippen molar-refractivity contribution in [1.29, 1.82) is 0 Å². The minimum atomic E-state index is 0.234. The van der Waals surface area contributed by atoms with Gasteiger partial charge >= 0.3 is 0 Å². The Morgan fingerprint density at radius 1 is 1.20 bits per heavy atom. The molecule has 1 spiro atoms. The second-order valence-corrected chi connectivity index (χ2v) is 3.63. The molecular formula is C8H12O2. The third-order valence-electron chi connectivity index (χ3n) is 3.13. The maximum absolute atomic E-state index is 5.62. The highest BCUT2D eigenvalue weighted by Gasteiger charge is 2.66. The van der Waals surface area contributed by atoms with E-state index < -0.39 is 0 Å². The molecule has 0 aromatic heterocycles. The van der Waals surface area contributed by atoms with Crippen LogP contribution >= 0.6 is 0 Å². The SMILES string of the molecule is C1CCC23OC2COC3C1. The van der Waals surface area contributed by atoms with Crippen LogP contribution in [0, 0.1) is 0 Å². The first-order chi connectivity index (χ1) is 4.92. The lowest BCUT2D eigenvalue weighted by atomic mass is 9.85. The van der Waals surface area contributed by atoms with Gasteiger partial charge in [-0.15, -0.1) is 0 Å². The van der Waals surface area contributed by atoms with Crippen LogP contribution < -0.4 is 0 Å². The molecule has 2 saturated heterocycles. The first kappa shape index (κ1) is 5.56. The maximum atomic E-state index is 5.62. The normalized spacial score (nSPS) is 57.6. The molecule has 3 rings (SSSR count). The second kappa shape index (κ2) is 1.56. The van der Waals surface area contributed by atoms with Gasteiger partial charge < -0.3 is 9.47 Å². The smallest absolute Gasteiger partial charge is 0.123 e. The summed E-state index contributed by atoms with van der Waals surface area (Å²) in [5.74, 6) is 0. The van der Waals surface area contributed by atoms with Gasteiger partial charge in [-0.2, -0.15) is 0 Å². The number of ether oxygens (including phenoxy) is 2. The summed E-state index contributed by atoms with van der Waals surface area (Å²) in [5.41, 5.74) is 0.234. The minimum Gasteiger partial charge on any atom is -0.372 e. The first-order valence-electron chi connectivity index (χ1n) is 4.21. The van der Waals surface area contributed by atoms with E-state index in [4.69, 9.17) is 9.47 Å². The van der Waals surface area contributed by atoms with Gasteiger partial charge in [-0.1, -0.05) is 12.8 Å². The lowest BCUT2D eigenvalue weighted by Gasteiger charge is -2.24. The molecule has 0 N–H and O–H groups in total. The average molecular weight is 140 g/mol. The van der Waals surface area contributed by atoms with Crippen LogP contribution in [0.25, 0.3) is 0 Å². The van der Waals surface area contributed by atoms with Gasteiger partial charge in [-0.25, -0.2) is 0 Å². The van der Waals surface area contributed by atoms with Crippen molar-refractivity contribution in [3.05, 3.63) is 0 Å². The first-order valence-corrected chi connectivity index (χ1v) is 4.21. The van der Waals surface area contributed by atoms with Crippen LogP contribution in [0.15, 0.2) is 0 Å². The summed E-state index contributed by atoms with van der Waals surface area (Å²) in [4.78, 5) is 0. The average Bonchev–Trinajstić information content (AvgIpc) is 2.55. The quantitative estimate of drug-likeness (QED) is 0.470.